The fraction of sp³-hybridized carbons (Fsp3) is 0.400. The minimum Gasteiger partial charge on any atom is -0.384 e. The van der Waals surface area contributed by atoms with Crippen molar-refractivity contribution >= 4 is 11.7 Å². The van der Waals surface area contributed by atoms with Crippen molar-refractivity contribution in [3.05, 3.63) is 30.9 Å². The van der Waals surface area contributed by atoms with Crippen LogP contribution < -0.4 is 5.73 Å². The summed E-state index contributed by atoms with van der Waals surface area (Å²) in [5, 5.41) is 0. The lowest BCUT2D eigenvalue weighted by atomic mass is 10.1. The highest BCUT2D eigenvalue weighted by Crippen LogP contribution is 2.20. The molecule has 1 amide bonds. The SMILES string of the molecule is Nc1cc(-c2cncn2CC(=O)N2CCCCC2)ccn1. The first-order valence-corrected chi connectivity index (χ1v) is 7.24. The van der Waals surface area contributed by atoms with Crippen LogP contribution in [0.15, 0.2) is 30.9 Å². The number of aromatic nitrogens is 3. The van der Waals surface area contributed by atoms with Gasteiger partial charge in [0.05, 0.1) is 18.2 Å². The predicted molar refractivity (Wildman–Crippen MR) is 80.3 cm³/mol. The Bertz CT molecular complexity index is 630. The number of imidazole rings is 1. The van der Waals surface area contributed by atoms with Crippen molar-refractivity contribution in [2.45, 2.75) is 25.8 Å². The molecule has 3 rings (SSSR count). The number of anilines is 1. The van der Waals surface area contributed by atoms with Crippen LogP contribution in [-0.4, -0.2) is 38.4 Å². The van der Waals surface area contributed by atoms with E-state index in [1.807, 2.05) is 15.5 Å². The second-order valence-electron chi connectivity index (χ2n) is 5.32. The smallest absolute Gasteiger partial charge is 0.242 e. The number of likely N-dealkylation sites (tertiary alicyclic amines) is 1. The van der Waals surface area contributed by atoms with E-state index in [2.05, 4.69) is 9.97 Å². The fourth-order valence-electron chi connectivity index (χ4n) is 2.68. The zero-order valence-corrected chi connectivity index (χ0v) is 11.9. The first-order valence-electron chi connectivity index (χ1n) is 7.24. The van der Waals surface area contributed by atoms with Gasteiger partial charge < -0.3 is 15.2 Å². The Morgan fingerprint density at radius 1 is 1.29 bits per heavy atom. The number of piperidine rings is 1. The van der Waals surface area contributed by atoms with Crippen LogP contribution >= 0.6 is 0 Å². The molecule has 0 aromatic carbocycles. The van der Waals surface area contributed by atoms with Gasteiger partial charge in [0.1, 0.15) is 12.4 Å². The number of nitrogens with zero attached hydrogens (tertiary/aromatic N) is 4. The summed E-state index contributed by atoms with van der Waals surface area (Å²) in [5.74, 6) is 0.610. The summed E-state index contributed by atoms with van der Waals surface area (Å²) in [4.78, 5) is 22.4. The third-order valence-corrected chi connectivity index (χ3v) is 3.80. The van der Waals surface area contributed by atoms with Crippen molar-refractivity contribution < 1.29 is 4.79 Å². The van der Waals surface area contributed by atoms with Gasteiger partial charge in [0.2, 0.25) is 5.91 Å². The van der Waals surface area contributed by atoms with E-state index in [0.29, 0.717) is 12.4 Å². The van der Waals surface area contributed by atoms with Crippen molar-refractivity contribution in [2.24, 2.45) is 0 Å². The van der Waals surface area contributed by atoms with Gasteiger partial charge in [-0.3, -0.25) is 4.79 Å². The molecule has 0 radical (unpaired) electrons. The van der Waals surface area contributed by atoms with Gasteiger partial charge >= 0.3 is 0 Å². The van der Waals surface area contributed by atoms with Crippen LogP contribution in [0.1, 0.15) is 19.3 Å². The van der Waals surface area contributed by atoms with E-state index in [9.17, 15) is 4.79 Å². The number of nitrogens with two attached hydrogens (primary N) is 1. The van der Waals surface area contributed by atoms with Gasteiger partial charge in [-0.15, -0.1) is 0 Å². The van der Waals surface area contributed by atoms with Gasteiger partial charge in [-0.2, -0.15) is 0 Å². The Hall–Kier alpha value is -2.37. The summed E-state index contributed by atoms with van der Waals surface area (Å²) >= 11 is 0. The van der Waals surface area contributed by atoms with Crippen LogP contribution in [0.3, 0.4) is 0 Å². The Morgan fingerprint density at radius 3 is 2.86 bits per heavy atom. The molecule has 0 atom stereocenters. The molecule has 110 valence electrons. The third-order valence-electron chi connectivity index (χ3n) is 3.80. The molecule has 2 aromatic rings. The number of amides is 1. The molecule has 1 aliphatic heterocycles. The van der Waals surface area contributed by atoms with Crippen molar-refractivity contribution in [3.8, 4) is 11.3 Å². The number of hydrogen-bond donors (Lipinski definition) is 1. The molecule has 1 aliphatic rings. The molecule has 6 heteroatoms. The lowest BCUT2D eigenvalue weighted by molar-refractivity contribution is -0.132. The second-order valence-corrected chi connectivity index (χ2v) is 5.32. The van der Waals surface area contributed by atoms with Gasteiger partial charge in [-0.25, -0.2) is 9.97 Å². The lowest BCUT2D eigenvalue weighted by Crippen LogP contribution is -2.37. The molecule has 0 spiro atoms. The molecule has 21 heavy (non-hydrogen) atoms. The molecular formula is C15H19N5O. The lowest BCUT2D eigenvalue weighted by Gasteiger charge is -2.27. The van der Waals surface area contributed by atoms with Gasteiger partial charge in [0.15, 0.2) is 0 Å². The molecule has 1 fully saturated rings. The number of carbonyl (C=O) groups excluding carboxylic acids is 1. The quantitative estimate of drug-likeness (QED) is 0.928. The summed E-state index contributed by atoms with van der Waals surface area (Å²) in [7, 11) is 0. The average Bonchev–Trinajstić information content (AvgIpc) is 2.96. The summed E-state index contributed by atoms with van der Waals surface area (Å²) in [5.41, 5.74) is 7.52. The van der Waals surface area contributed by atoms with E-state index in [1.54, 1.807) is 24.8 Å². The van der Waals surface area contributed by atoms with Crippen LogP contribution in [0.4, 0.5) is 5.82 Å². The molecule has 1 saturated heterocycles. The van der Waals surface area contributed by atoms with Crippen LogP contribution in [0.2, 0.25) is 0 Å². The van der Waals surface area contributed by atoms with Gasteiger partial charge in [0, 0.05) is 24.8 Å². The Balaban J connectivity index is 1.78. The highest BCUT2D eigenvalue weighted by Gasteiger charge is 2.18. The molecule has 2 N–H and O–H groups in total. The largest absolute Gasteiger partial charge is 0.384 e. The Kier molecular flexibility index (Phi) is 3.85. The highest BCUT2D eigenvalue weighted by molar-refractivity contribution is 5.77. The topological polar surface area (TPSA) is 77.0 Å². The van der Waals surface area contributed by atoms with Crippen molar-refractivity contribution in [1.29, 1.82) is 0 Å². The zero-order chi connectivity index (χ0) is 14.7. The molecule has 0 aliphatic carbocycles. The van der Waals surface area contributed by atoms with Crippen LogP contribution in [0.25, 0.3) is 11.3 Å². The van der Waals surface area contributed by atoms with Gasteiger partial charge in [0.25, 0.3) is 0 Å². The average molecular weight is 285 g/mol. The zero-order valence-electron chi connectivity index (χ0n) is 11.9. The van der Waals surface area contributed by atoms with Gasteiger partial charge in [-0.05, 0) is 31.4 Å². The molecule has 6 nitrogen and oxygen atoms in total. The maximum absolute atomic E-state index is 12.4. The maximum atomic E-state index is 12.4. The predicted octanol–water partition coefficient (Wildman–Crippen LogP) is 1.54. The number of carbonyl (C=O) groups is 1. The summed E-state index contributed by atoms with van der Waals surface area (Å²) in [6.45, 7) is 2.05. The number of hydrogen-bond acceptors (Lipinski definition) is 4. The van der Waals surface area contributed by atoms with Crippen molar-refractivity contribution in [3.63, 3.8) is 0 Å². The van der Waals surface area contributed by atoms with Crippen molar-refractivity contribution in [1.82, 2.24) is 19.4 Å². The standard InChI is InChI=1S/C15H19N5O/c16-14-8-12(4-5-18-14)13-9-17-11-20(13)10-15(21)19-6-2-1-3-7-19/h4-5,8-9,11H,1-3,6-7,10H2,(H2,16,18). The molecule has 0 unspecified atom stereocenters. The van der Waals surface area contributed by atoms with Crippen LogP contribution in [0.5, 0.6) is 0 Å². The normalized spacial score (nSPS) is 15.1. The summed E-state index contributed by atoms with van der Waals surface area (Å²) < 4.78 is 1.87. The summed E-state index contributed by atoms with van der Waals surface area (Å²) in [6.07, 6.45) is 8.52. The monoisotopic (exact) mass is 285 g/mol. The molecule has 0 bridgehead atoms. The van der Waals surface area contributed by atoms with Gasteiger partial charge in [-0.1, -0.05) is 0 Å². The Labute approximate surface area is 123 Å². The number of nitrogen functional groups attached to an aromatic ring is 1. The number of rotatable bonds is 3. The molecule has 2 aromatic heterocycles. The first kappa shape index (κ1) is 13.6. The summed E-state index contributed by atoms with van der Waals surface area (Å²) in [6, 6.07) is 3.66. The van der Waals surface area contributed by atoms with E-state index in [1.165, 1.54) is 6.42 Å². The fourth-order valence-corrected chi connectivity index (χ4v) is 2.68. The van der Waals surface area contributed by atoms with E-state index in [0.717, 1.165) is 37.2 Å². The van der Waals surface area contributed by atoms with Crippen LogP contribution in [-0.2, 0) is 11.3 Å². The third kappa shape index (κ3) is 3.04. The maximum Gasteiger partial charge on any atom is 0.242 e. The Morgan fingerprint density at radius 2 is 2.10 bits per heavy atom. The minimum absolute atomic E-state index is 0.149. The van der Waals surface area contributed by atoms with Crippen molar-refractivity contribution in [2.75, 3.05) is 18.8 Å². The minimum atomic E-state index is 0.149. The number of pyridine rings is 1. The van der Waals surface area contributed by atoms with E-state index in [4.69, 9.17) is 5.73 Å². The molecule has 0 saturated carbocycles. The first-order chi connectivity index (χ1) is 10.2. The second kappa shape index (κ2) is 5.95. The van der Waals surface area contributed by atoms with Crippen LogP contribution in [0, 0.1) is 0 Å². The van der Waals surface area contributed by atoms with E-state index < -0.39 is 0 Å². The molecule has 3 heterocycles. The van der Waals surface area contributed by atoms with E-state index >= 15 is 0 Å². The highest BCUT2D eigenvalue weighted by atomic mass is 16.2. The van der Waals surface area contributed by atoms with E-state index in [-0.39, 0.29) is 5.91 Å². The molecular weight excluding hydrogens is 266 g/mol.